The monoisotopic (exact) mass is 379 g/mol. The fourth-order valence-electron chi connectivity index (χ4n) is 2.44. The molecule has 132 valence electrons. The molecule has 2 aromatic rings. The van der Waals surface area contributed by atoms with E-state index in [-0.39, 0.29) is 17.5 Å². The van der Waals surface area contributed by atoms with Gasteiger partial charge in [0.05, 0.1) is 16.8 Å². The molecule has 1 atom stereocenters. The maximum Gasteiger partial charge on any atom is 0.243 e. The summed E-state index contributed by atoms with van der Waals surface area (Å²) in [5, 5.41) is 18.3. The van der Waals surface area contributed by atoms with Gasteiger partial charge in [-0.3, -0.25) is 4.79 Å². The molecule has 0 unspecified atom stereocenters. The third-order valence-corrected chi connectivity index (χ3v) is 4.64. The molecule has 0 aliphatic carbocycles. The fraction of sp³-hybridized carbons (Fsp3) is 0.333. The van der Waals surface area contributed by atoms with Gasteiger partial charge < -0.3 is 10.6 Å². The number of nitrogens with one attached hydrogen (secondary N) is 2. The van der Waals surface area contributed by atoms with Crippen LogP contribution >= 0.6 is 22.9 Å². The molecule has 2 N–H and O–H groups in total. The predicted octanol–water partition coefficient (Wildman–Crippen LogP) is 4.67. The highest BCUT2D eigenvalue weighted by Crippen LogP contribution is 2.34. The van der Waals surface area contributed by atoms with Crippen LogP contribution in [0.5, 0.6) is 0 Å². The van der Waals surface area contributed by atoms with E-state index in [0.717, 1.165) is 11.3 Å². The Labute approximate surface area is 155 Å². The molecule has 0 bridgehead atoms. The van der Waals surface area contributed by atoms with Crippen molar-refractivity contribution in [3.8, 4) is 17.2 Å². The normalized spacial score (nSPS) is 11.8. The first kappa shape index (κ1) is 19.2. The lowest BCUT2D eigenvalue weighted by atomic mass is 10.0. The van der Waals surface area contributed by atoms with Gasteiger partial charge in [-0.05, 0) is 30.0 Å². The Morgan fingerprint density at radius 3 is 2.80 bits per heavy atom. The summed E-state index contributed by atoms with van der Waals surface area (Å²) >= 11 is 7.21. The summed E-state index contributed by atoms with van der Waals surface area (Å²) in [4.78, 5) is 12.3. The number of halogens is 2. The van der Waals surface area contributed by atoms with Gasteiger partial charge in [-0.1, -0.05) is 31.5 Å². The highest BCUT2D eigenvalue weighted by molar-refractivity contribution is 7.08. The molecule has 0 saturated heterocycles. The number of carbonyl (C=O) groups excluding carboxylic acids is 1. The van der Waals surface area contributed by atoms with Gasteiger partial charge in [0.2, 0.25) is 5.91 Å². The van der Waals surface area contributed by atoms with Crippen molar-refractivity contribution in [3.05, 3.63) is 39.8 Å². The Hall–Kier alpha value is -2.10. The van der Waals surface area contributed by atoms with Crippen LogP contribution in [0.1, 0.15) is 20.3 Å². The third-order valence-electron chi connectivity index (χ3n) is 3.59. The second kappa shape index (κ2) is 8.84. The molecule has 0 radical (unpaired) electrons. The van der Waals surface area contributed by atoms with Crippen molar-refractivity contribution < 1.29 is 9.18 Å². The number of carbonyl (C=O) groups is 1. The molecule has 0 saturated carbocycles. The number of nitrogens with zero attached hydrogens (tertiary/aromatic N) is 1. The molecule has 0 aliphatic heterocycles. The van der Waals surface area contributed by atoms with E-state index in [1.807, 2.05) is 30.7 Å². The first-order chi connectivity index (χ1) is 11.9. The smallest absolute Gasteiger partial charge is 0.243 e. The second-order valence-corrected chi connectivity index (χ2v) is 7.18. The summed E-state index contributed by atoms with van der Waals surface area (Å²) in [6, 6.07) is 6.06. The molecule has 0 spiro atoms. The van der Waals surface area contributed by atoms with E-state index < -0.39 is 11.9 Å². The highest BCUT2D eigenvalue weighted by Gasteiger charge is 2.21. The average molecular weight is 380 g/mol. The predicted molar refractivity (Wildman–Crippen MR) is 100 cm³/mol. The number of amides is 1. The van der Waals surface area contributed by atoms with Gasteiger partial charge in [0.25, 0.3) is 0 Å². The van der Waals surface area contributed by atoms with Crippen LogP contribution in [0.2, 0.25) is 5.02 Å². The fourth-order valence-corrected chi connectivity index (χ4v) is 3.35. The van der Waals surface area contributed by atoms with Crippen LogP contribution in [0.15, 0.2) is 29.0 Å². The maximum absolute atomic E-state index is 13.8. The number of thiophene rings is 1. The first-order valence-corrected chi connectivity index (χ1v) is 9.17. The first-order valence-electron chi connectivity index (χ1n) is 7.85. The number of benzene rings is 1. The molecule has 1 aromatic carbocycles. The van der Waals surface area contributed by atoms with Crippen LogP contribution in [0.25, 0.3) is 11.1 Å². The lowest BCUT2D eigenvalue weighted by Crippen LogP contribution is -2.40. The summed E-state index contributed by atoms with van der Waals surface area (Å²) in [7, 11) is 0. The number of nitriles is 1. The van der Waals surface area contributed by atoms with Crippen molar-refractivity contribution in [3.63, 3.8) is 0 Å². The van der Waals surface area contributed by atoms with Crippen LogP contribution in [0, 0.1) is 23.1 Å². The number of rotatable bonds is 7. The van der Waals surface area contributed by atoms with Crippen LogP contribution in [0.3, 0.4) is 0 Å². The average Bonchev–Trinajstić information content (AvgIpc) is 3.02. The molecule has 7 heteroatoms. The molecular weight excluding hydrogens is 361 g/mol. The Kier molecular flexibility index (Phi) is 6.80. The summed E-state index contributed by atoms with van der Waals surface area (Å²) in [6.07, 6.45) is 0.613. The minimum absolute atomic E-state index is 0.0337. The zero-order valence-corrected chi connectivity index (χ0v) is 15.5. The van der Waals surface area contributed by atoms with Crippen LogP contribution in [-0.4, -0.2) is 18.5 Å². The molecule has 1 aromatic heterocycles. The van der Waals surface area contributed by atoms with Crippen molar-refractivity contribution in [2.24, 2.45) is 5.92 Å². The number of hydrogen-bond donors (Lipinski definition) is 2. The molecule has 0 aliphatic rings. The van der Waals surface area contributed by atoms with Crippen LogP contribution in [0.4, 0.5) is 10.1 Å². The van der Waals surface area contributed by atoms with Crippen molar-refractivity contribution in [2.45, 2.75) is 26.3 Å². The Morgan fingerprint density at radius 2 is 2.16 bits per heavy atom. The zero-order chi connectivity index (χ0) is 18.4. The molecule has 1 amide bonds. The summed E-state index contributed by atoms with van der Waals surface area (Å²) in [5.41, 5.74) is 2.25. The van der Waals surface area contributed by atoms with E-state index in [2.05, 4.69) is 10.6 Å². The van der Waals surface area contributed by atoms with E-state index in [4.69, 9.17) is 16.9 Å². The Bertz CT molecular complexity index is 785. The molecule has 4 nitrogen and oxygen atoms in total. The van der Waals surface area contributed by atoms with Gasteiger partial charge in [-0.2, -0.15) is 5.26 Å². The van der Waals surface area contributed by atoms with Crippen molar-refractivity contribution >= 4 is 34.5 Å². The summed E-state index contributed by atoms with van der Waals surface area (Å²) in [6.45, 7) is 4.01. The van der Waals surface area contributed by atoms with Crippen LogP contribution < -0.4 is 10.6 Å². The van der Waals surface area contributed by atoms with Gasteiger partial charge in [0.15, 0.2) is 0 Å². The van der Waals surface area contributed by atoms with Crippen molar-refractivity contribution in [1.82, 2.24) is 5.32 Å². The van der Waals surface area contributed by atoms with Gasteiger partial charge in [0.1, 0.15) is 18.4 Å². The van der Waals surface area contributed by atoms with Crippen molar-refractivity contribution in [1.29, 1.82) is 5.26 Å². The summed E-state index contributed by atoms with van der Waals surface area (Å²) < 4.78 is 13.8. The van der Waals surface area contributed by atoms with E-state index in [1.54, 1.807) is 6.07 Å². The highest BCUT2D eigenvalue weighted by atomic mass is 35.5. The Morgan fingerprint density at radius 1 is 1.40 bits per heavy atom. The minimum atomic E-state index is -0.484. The molecule has 1 heterocycles. The lowest BCUT2D eigenvalue weighted by Gasteiger charge is -2.21. The minimum Gasteiger partial charge on any atom is -0.372 e. The topological polar surface area (TPSA) is 64.9 Å². The van der Waals surface area contributed by atoms with E-state index in [9.17, 15) is 9.18 Å². The quantitative estimate of drug-likeness (QED) is 0.687. The van der Waals surface area contributed by atoms with E-state index in [1.165, 1.54) is 23.5 Å². The van der Waals surface area contributed by atoms with Gasteiger partial charge in [-0.25, -0.2) is 4.39 Å². The second-order valence-electron chi connectivity index (χ2n) is 6.03. The van der Waals surface area contributed by atoms with Crippen LogP contribution in [-0.2, 0) is 4.79 Å². The van der Waals surface area contributed by atoms with E-state index >= 15 is 0 Å². The van der Waals surface area contributed by atoms with Gasteiger partial charge in [-0.15, -0.1) is 11.3 Å². The lowest BCUT2D eigenvalue weighted by molar-refractivity contribution is -0.121. The molecule has 2 rings (SSSR count). The van der Waals surface area contributed by atoms with Gasteiger partial charge >= 0.3 is 0 Å². The Balaban J connectivity index is 2.25. The molecule has 25 heavy (non-hydrogen) atoms. The maximum atomic E-state index is 13.8. The van der Waals surface area contributed by atoms with Crippen molar-refractivity contribution in [2.75, 3.05) is 11.9 Å². The SMILES string of the molecule is CC(C)C[C@H](Nc1cscc1-c1ccc(Cl)c(F)c1)C(=O)NCC#N. The molecular formula is C18H19ClFN3OS. The zero-order valence-electron chi connectivity index (χ0n) is 14.0. The molecule has 0 fully saturated rings. The third kappa shape index (κ3) is 5.18. The standard InChI is InChI=1S/C18H19ClFN3OS/c1-11(2)7-16(18(24)22-6-5-21)23-17-10-25-9-13(17)12-3-4-14(19)15(20)8-12/h3-4,8-11,16,23H,6-7H2,1-2H3,(H,22,24)/t16-/m0/s1. The number of anilines is 1. The summed E-state index contributed by atoms with van der Waals surface area (Å²) in [5.74, 6) is -0.420. The van der Waals surface area contributed by atoms with Gasteiger partial charge in [0, 0.05) is 16.3 Å². The van der Waals surface area contributed by atoms with E-state index in [0.29, 0.717) is 17.9 Å². The largest absolute Gasteiger partial charge is 0.372 e. The number of hydrogen-bond acceptors (Lipinski definition) is 4.